The number of cyclic esters (lactones) is 1. The number of halogens is 3. The van der Waals surface area contributed by atoms with E-state index in [1.54, 1.807) is 19.2 Å². The van der Waals surface area contributed by atoms with E-state index in [1.165, 1.54) is 27.9 Å². The van der Waals surface area contributed by atoms with Gasteiger partial charge in [-0.1, -0.05) is 41.5 Å². The molecule has 3 rings (SSSR count). The van der Waals surface area contributed by atoms with E-state index < -0.39 is 114 Å². The normalized spacial score (nSPS) is 43.4. The molecule has 3 aliphatic rings. The first-order valence-electron chi connectivity index (χ1n) is 22.4. The second kappa shape index (κ2) is 21.3. The summed E-state index contributed by atoms with van der Waals surface area (Å²) >= 11 is 0. The zero-order chi connectivity index (χ0) is 47.5. The molecule has 0 radical (unpaired) electrons. The van der Waals surface area contributed by atoms with Gasteiger partial charge >= 0.3 is 18.1 Å². The number of carbonyl (C=O) groups is 2. The molecule has 1 amide bonds. The molecular formula is C44H80F3N3O12. The van der Waals surface area contributed by atoms with Crippen LogP contribution in [0.4, 0.5) is 13.2 Å². The summed E-state index contributed by atoms with van der Waals surface area (Å²) in [4.78, 5) is 30.5. The van der Waals surface area contributed by atoms with Gasteiger partial charge in [-0.15, -0.1) is 0 Å². The van der Waals surface area contributed by atoms with Crippen molar-refractivity contribution in [2.45, 2.75) is 206 Å². The molecular weight excluding hydrogens is 819 g/mol. The molecule has 0 aromatic rings. The summed E-state index contributed by atoms with van der Waals surface area (Å²) in [5, 5.41) is 49.0. The van der Waals surface area contributed by atoms with Crippen LogP contribution in [0.15, 0.2) is 0 Å². The Bertz CT molecular complexity index is 1460. The summed E-state index contributed by atoms with van der Waals surface area (Å²) in [5.74, 6) is -5.23. The van der Waals surface area contributed by atoms with Crippen LogP contribution >= 0.6 is 0 Å². The van der Waals surface area contributed by atoms with Gasteiger partial charge in [0.1, 0.15) is 29.0 Å². The molecule has 0 spiro atoms. The van der Waals surface area contributed by atoms with Crippen molar-refractivity contribution in [3.63, 3.8) is 0 Å². The lowest BCUT2D eigenvalue weighted by Crippen LogP contribution is -2.70. The van der Waals surface area contributed by atoms with Crippen LogP contribution in [-0.4, -0.2) is 173 Å². The van der Waals surface area contributed by atoms with Gasteiger partial charge in [0.25, 0.3) is 0 Å². The Morgan fingerprint density at radius 3 is 2.13 bits per heavy atom. The Kier molecular flexibility index (Phi) is 18.8. The van der Waals surface area contributed by atoms with E-state index >= 15 is 0 Å². The summed E-state index contributed by atoms with van der Waals surface area (Å²) < 4.78 is 77.9. The number of methoxy groups -OCH3 is 1. The van der Waals surface area contributed by atoms with Crippen LogP contribution < -0.4 is 5.32 Å². The number of rotatable bonds is 11. The van der Waals surface area contributed by atoms with E-state index in [9.17, 15) is 43.2 Å². The molecule has 0 unspecified atom stereocenters. The van der Waals surface area contributed by atoms with Crippen LogP contribution in [-0.2, 0) is 38.0 Å². The third-order valence-corrected chi connectivity index (χ3v) is 14.1. The number of aliphatic hydroxyl groups is 4. The highest BCUT2D eigenvalue weighted by Gasteiger charge is 2.59. The quantitative estimate of drug-likeness (QED) is 0.187. The molecule has 62 heavy (non-hydrogen) atoms. The average molecular weight is 900 g/mol. The van der Waals surface area contributed by atoms with Crippen LogP contribution in [0.1, 0.15) is 115 Å². The Labute approximate surface area is 367 Å². The van der Waals surface area contributed by atoms with Crippen molar-refractivity contribution >= 4 is 11.9 Å². The first-order valence-corrected chi connectivity index (χ1v) is 22.4. The second-order valence-corrected chi connectivity index (χ2v) is 19.8. The fourth-order valence-electron chi connectivity index (χ4n) is 10.2. The number of nitrogens with zero attached hydrogens (tertiary/aromatic N) is 2. The van der Waals surface area contributed by atoms with E-state index in [4.69, 9.17) is 28.4 Å². The minimum Gasteiger partial charge on any atom is -0.459 e. The Morgan fingerprint density at radius 1 is 0.984 bits per heavy atom. The molecule has 3 fully saturated rings. The average Bonchev–Trinajstić information content (AvgIpc) is 3.17. The third-order valence-electron chi connectivity index (χ3n) is 14.1. The number of aliphatic hydroxyl groups excluding tert-OH is 2. The molecule has 0 saturated carbocycles. The van der Waals surface area contributed by atoms with Crippen LogP contribution in [0.3, 0.4) is 0 Å². The molecule has 5 N–H and O–H groups in total. The molecule has 3 aliphatic heterocycles. The van der Waals surface area contributed by atoms with E-state index in [1.807, 2.05) is 53.6 Å². The molecule has 3 saturated heterocycles. The van der Waals surface area contributed by atoms with Crippen LogP contribution in [0.25, 0.3) is 0 Å². The van der Waals surface area contributed by atoms with Crippen molar-refractivity contribution in [2.75, 3.05) is 40.8 Å². The highest BCUT2D eigenvalue weighted by molar-refractivity contribution is 5.81. The summed E-state index contributed by atoms with van der Waals surface area (Å²) in [5.41, 5.74) is -6.39. The first kappa shape index (κ1) is 54.6. The number of hydrogen-bond acceptors (Lipinski definition) is 14. The van der Waals surface area contributed by atoms with Crippen LogP contribution in [0.5, 0.6) is 0 Å². The van der Waals surface area contributed by atoms with Gasteiger partial charge in [0.15, 0.2) is 12.6 Å². The van der Waals surface area contributed by atoms with Gasteiger partial charge in [-0.05, 0) is 99.2 Å². The fraction of sp³-hybridized carbons (Fsp3) is 0.955. The molecule has 3 heterocycles. The molecule has 15 nitrogen and oxygen atoms in total. The summed E-state index contributed by atoms with van der Waals surface area (Å²) in [6, 6.07) is -0.379. The fourth-order valence-corrected chi connectivity index (χ4v) is 10.2. The zero-order valence-corrected chi connectivity index (χ0v) is 39.8. The Hall–Kier alpha value is -1.71. The number of ether oxygens (including phenoxy) is 6. The first-order chi connectivity index (χ1) is 28.4. The van der Waals surface area contributed by atoms with Crippen molar-refractivity contribution in [1.29, 1.82) is 0 Å². The highest BCUT2D eigenvalue weighted by Crippen LogP contribution is 2.45. The van der Waals surface area contributed by atoms with Gasteiger partial charge in [-0.3, -0.25) is 9.59 Å². The topological polar surface area (TPSA) is 189 Å². The van der Waals surface area contributed by atoms with Gasteiger partial charge in [-0.2, -0.15) is 13.2 Å². The molecule has 0 aromatic carbocycles. The van der Waals surface area contributed by atoms with Crippen molar-refractivity contribution in [3.8, 4) is 0 Å². The number of nitrogens with one attached hydrogen (secondary N) is 1. The molecule has 0 aliphatic carbocycles. The van der Waals surface area contributed by atoms with Gasteiger partial charge in [-0.25, -0.2) is 0 Å². The standard InChI is InChI=1S/C44H80F3N3O12/c1-16-18-50-22-24(3)35(52)42(12,55)31(17-2)60-37(53)28(7)34(61-32-21-41(11,57-15)43(56,29(8)59-32)23-48-39(54)44(45,46)47)27(6)36(40(9,10)20-25(50)4)62-38-33(51)30(49(13)14)19-26(5)58-38/h24-36,38,51-52,55-56H,16-23H2,1-15H3,(H,48,54)/t24-,25+,26+,27-,28+,29-,30-,31+,32+,33+,34+,35+,36+,38-,41-,42+,43+/m0/s1. The van der Waals surface area contributed by atoms with Crippen molar-refractivity contribution < 1.29 is 71.6 Å². The number of carbonyl (C=O) groups excluding carboxylic acids is 2. The summed E-state index contributed by atoms with van der Waals surface area (Å²) in [6.45, 7) is 21.9. The van der Waals surface area contributed by atoms with E-state index in [-0.39, 0.29) is 31.0 Å². The lowest BCUT2D eigenvalue weighted by molar-refractivity contribution is -0.334. The predicted octanol–water partition coefficient (Wildman–Crippen LogP) is 4.00. The van der Waals surface area contributed by atoms with Gasteiger partial charge in [0, 0.05) is 38.1 Å². The van der Waals surface area contributed by atoms with E-state index in [2.05, 4.69) is 18.7 Å². The lowest BCUT2D eigenvalue weighted by Gasteiger charge is -2.53. The van der Waals surface area contributed by atoms with Gasteiger partial charge < -0.3 is 64.0 Å². The largest absolute Gasteiger partial charge is 0.471 e. The van der Waals surface area contributed by atoms with Crippen LogP contribution in [0.2, 0.25) is 0 Å². The van der Waals surface area contributed by atoms with E-state index in [0.717, 1.165) is 6.42 Å². The maximum atomic E-state index is 14.5. The van der Waals surface area contributed by atoms with Crippen LogP contribution in [0, 0.1) is 23.2 Å². The molecule has 0 aromatic heterocycles. The minimum atomic E-state index is -5.20. The number of likely N-dealkylation sites (N-methyl/N-ethyl adjacent to an activating group) is 1. The van der Waals surface area contributed by atoms with Crippen molar-refractivity contribution in [2.24, 2.45) is 23.2 Å². The summed E-state index contributed by atoms with van der Waals surface area (Å²) in [6.07, 6.45) is -12.6. The zero-order valence-electron chi connectivity index (χ0n) is 39.8. The summed E-state index contributed by atoms with van der Waals surface area (Å²) in [7, 11) is 5.03. The Morgan fingerprint density at radius 2 is 1.60 bits per heavy atom. The van der Waals surface area contributed by atoms with Crippen molar-refractivity contribution in [3.05, 3.63) is 0 Å². The predicted molar refractivity (Wildman–Crippen MR) is 225 cm³/mol. The maximum Gasteiger partial charge on any atom is 0.471 e. The minimum absolute atomic E-state index is 0.0873. The Balaban J connectivity index is 2.22. The number of alkyl halides is 3. The molecule has 18 heteroatoms. The maximum absolute atomic E-state index is 14.5. The van der Waals surface area contributed by atoms with Gasteiger partial charge in [0.2, 0.25) is 0 Å². The lowest BCUT2D eigenvalue weighted by atomic mass is 9.72. The second-order valence-electron chi connectivity index (χ2n) is 19.8. The SMILES string of the molecule is CCCN1C[C@H](C)[C@@H](O)[C@](C)(O)[C@@H](CC)OC(=O)[C@H](C)[C@H](O[C@@H]2C[C@](C)(OC)[C@@](O)(CNC(=O)C(F)(F)F)[C@H](C)O2)[C@H](C)[C@@H](O[C@@H]2O[C@H](C)C[C@H](N(C)C)[C@H]2O)C(C)(C)C[C@H]1C. The van der Waals surface area contributed by atoms with Gasteiger partial charge in [0.05, 0.1) is 43.0 Å². The van der Waals surface area contributed by atoms with Crippen molar-refractivity contribution in [1.82, 2.24) is 15.1 Å². The van der Waals surface area contributed by atoms with E-state index in [0.29, 0.717) is 25.9 Å². The number of hydrogen-bond donors (Lipinski definition) is 5. The number of esters is 1. The molecule has 0 bridgehead atoms. The third kappa shape index (κ3) is 12.2. The number of amides is 1. The highest BCUT2D eigenvalue weighted by atomic mass is 19.4. The molecule has 364 valence electrons. The smallest absolute Gasteiger partial charge is 0.459 e. The molecule has 17 atom stereocenters. The monoisotopic (exact) mass is 900 g/mol.